The second kappa shape index (κ2) is 8.26. The first-order chi connectivity index (χ1) is 15.6. The van der Waals surface area contributed by atoms with Gasteiger partial charge in [-0.1, -0.05) is 30.3 Å². The van der Waals surface area contributed by atoms with Crippen LogP contribution in [0, 0.1) is 0 Å². The lowest BCUT2D eigenvalue weighted by molar-refractivity contribution is 0.0591. The number of pyridine rings is 1. The molecule has 5 rings (SSSR count). The van der Waals surface area contributed by atoms with Gasteiger partial charge in [0.2, 0.25) is 0 Å². The molecule has 0 N–H and O–H groups in total. The molecule has 1 aliphatic rings. The van der Waals surface area contributed by atoms with Crippen molar-refractivity contribution in [2.45, 2.75) is 26.1 Å². The third-order valence-corrected chi connectivity index (χ3v) is 5.67. The maximum absolute atomic E-state index is 13.1. The number of methoxy groups -OCH3 is 1. The van der Waals surface area contributed by atoms with Crippen LogP contribution in [-0.2, 0) is 30.8 Å². The molecule has 0 fully saturated rings. The Labute approximate surface area is 184 Å². The SMILES string of the molecule is COC(=O)c1cc2n(n1)CCN(C(=O)c1cnc3c(c1)ncn3CCc1ccccc1)C2. The van der Waals surface area contributed by atoms with Gasteiger partial charge in [0.1, 0.15) is 5.52 Å². The summed E-state index contributed by atoms with van der Waals surface area (Å²) in [6.07, 6.45) is 4.25. The molecule has 9 nitrogen and oxygen atoms in total. The van der Waals surface area contributed by atoms with Crippen LogP contribution in [0.25, 0.3) is 11.2 Å². The van der Waals surface area contributed by atoms with Gasteiger partial charge in [0.15, 0.2) is 11.3 Å². The molecule has 0 unspecified atom stereocenters. The number of esters is 1. The molecule has 1 amide bonds. The van der Waals surface area contributed by atoms with Gasteiger partial charge in [-0.25, -0.2) is 14.8 Å². The number of hydrogen-bond acceptors (Lipinski definition) is 6. The number of benzene rings is 1. The normalized spacial score (nSPS) is 13.2. The van der Waals surface area contributed by atoms with E-state index in [0.717, 1.165) is 24.3 Å². The van der Waals surface area contributed by atoms with Gasteiger partial charge in [-0.05, 0) is 24.1 Å². The Kier molecular flexibility index (Phi) is 5.14. The fourth-order valence-corrected chi connectivity index (χ4v) is 3.95. The third-order valence-electron chi connectivity index (χ3n) is 5.67. The minimum atomic E-state index is -0.484. The number of fused-ring (bicyclic) bond motifs is 2. The Bertz CT molecular complexity index is 1290. The molecule has 32 heavy (non-hydrogen) atoms. The van der Waals surface area contributed by atoms with Crippen LogP contribution in [0.5, 0.6) is 0 Å². The highest BCUT2D eigenvalue weighted by Crippen LogP contribution is 2.19. The number of nitrogens with zero attached hydrogens (tertiary/aromatic N) is 6. The second-order valence-electron chi connectivity index (χ2n) is 7.70. The number of rotatable bonds is 5. The van der Waals surface area contributed by atoms with Crippen LogP contribution in [-0.4, -0.2) is 54.7 Å². The topological polar surface area (TPSA) is 95.1 Å². The zero-order chi connectivity index (χ0) is 22.1. The number of carbonyl (C=O) groups excluding carboxylic acids is 2. The fourth-order valence-electron chi connectivity index (χ4n) is 3.95. The van der Waals surface area contributed by atoms with Crippen molar-refractivity contribution in [3.05, 3.63) is 77.5 Å². The summed E-state index contributed by atoms with van der Waals surface area (Å²) < 4.78 is 8.48. The van der Waals surface area contributed by atoms with E-state index in [1.807, 2.05) is 22.8 Å². The molecule has 162 valence electrons. The predicted octanol–water partition coefficient (Wildman–Crippen LogP) is 2.31. The Morgan fingerprint density at radius 3 is 2.75 bits per heavy atom. The molecular weight excluding hydrogens is 408 g/mol. The molecule has 0 radical (unpaired) electrons. The standard InChI is InChI=1S/C23H22N6O3/c1-32-23(31)20-12-18-14-27(9-10-29(18)26-20)22(30)17-11-19-21(24-13-17)28(15-25-19)8-7-16-5-3-2-4-6-16/h2-6,11-13,15H,7-10,14H2,1H3. The lowest BCUT2D eigenvalue weighted by Gasteiger charge is -2.27. The fraction of sp³-hybridized carbons (Fsp3) is 0.261. The minimum absolute atomic E-state index is 0.120. The van der Waals surface area contributed by atoms with Crippen LogP contribution in [0.3, 0.4) is 0 Å². The van der Waals surface area contributed by atoms with E-state index in [-0.39, 0.29) is 11.6 Å². The molecular formula is C23H22N6O3. The molecule has 1 aromatic carbocycles. The van der Waals surface area contributed by atoms with Crippen LogP contribution in [0.1, 0.15) is 32.1 Å². The van der Waals surface area contributed by atoms with Gasteiger partial charge in [0.05, 0.1) is 37.8 Å². The number of aromatic nitrogens is 5. The van der Waals surface area contributed by atoms with Crippen molar-refractivity contribution in [1.29, 1.82) is 0 Å². The van der Waals surface area contributed by atoms with Crippen molar-refractivity contribution in [3.8, 4) is 0 Å². The van der Waals surface area contributed by atoms with E-state index in [1.54, 1.807) is 34.2 Å². The molecule has 1 aliphatic heterocycles. The monoisotopic (exact) mass is 430 g/mol. The van der Waals surface area contributed by atoms with E-state index >= 15 is 0 Å². The summed E-state index contributed by atoms with van der Waals surface area (Å²) in [5, 5.41) is 4.25. The Morgan fingerprint density at radius 2 is 1.94 bits per heavy atom. The van der Waals surface area contributed by atoms with E-state index in [1.165, 1.54) is 12.7 Å². The molecule has 0 saturated carbocycles. The molecule has 0 aliphatic carbocycles. The van der Waals surface area contributed by atoms with Crippen molar-refractivity contribution >= 4 is 23.0 Å². The van der Waals surface area contributed by atoms with Gasteiger partial charge < -0.3 is 14.2 Å². The summed E-state index contributed by atoms with van der Waals surface area (Å²) >= 11 is 0. The maximum Gasteiger partial charge on any atom is 0.358 e. The van der Waals surface area contributed by atoms with E-state index in [4.69, 9.17) is 4.74 Å². The Balaban J connectivity index is 1.31. The molecule has 0 atom stereocenters. The van der Waals surface area contributed by atoms with Gasteiger partial charge in [0, 0.05) is 19.3 Å². The summed E-state index contributed by atoms with van der Waals surface area (Å²) in [6, 6.07) is 13.7. The molecule has 0 bridgehead atoms. The van der Waals surface area contributed by atoms with E-state index in [2.05, 4.69) is 27.2 Å². The van der Waals surface area contributed by atoms with Gasteiger partial charge in [-0.15, -0.1) is 0 Å². The molecule has 4 aromatic rings. The zero-order valence-corrected chi connectivity index (χ0v) is 17.6. The smallest absolute Gasteiger partial charge is 0.358 e. The Hall–Kier alpha value is -4.01. The van der Waals surface area contributed by atoms with Crippen LogP contribution in [0.2, 0.25) is 0 Å². The highest BCUT2D eigenvalue weighted by atomic mass is 16.5. The summed E-state index contributed by atoms with van der Waals surface area (Å²) in [6.45, 7) is 2.14. The van der Waals surface area contributed by atoms with Crippen LogP contribution in [0.15, 0.2) is 55.0 Å². The van der Waals surface area contributed by atoms with Gasteiger partial charge >= 0.3 is 5.97 Å². The minimum Gasteiger partial charge on any atom is -0.464 e. The summed E-state index contributed by atoms with van der Waals surface area (Å²) in [5.74, 6) is -0.604. The Morgan fingerprint density at radius 1 is 1.09 bits per heavy atom. The first-order valence-corrected chi connectivity index (χ1v) is 10.4. The van der Waals surface area contributed by atoms with Gasteiger partial charge in [-0.2, -0.15) is 5.10 Å². The van der Waals surface area contributed by atoms with Gasteiger partial charge in [0.25, 0.3) is 5.91 Å². The summed E-state index contributed by atoms with van der Waals surface area (Å²) in [4.78, 5) is 35.5. The molecule has 3 aromatic heterocycles. The van der Waals surface area contributed by atoms with Crippen molar-refractivity contribution in [1.82, 2.24) is 29.2 Å². The van der Waals surface area contributed by atoms with Gasteiger partial charge in [-0.3, -0.25) is 9.48 Å². The highest BCUT2D eigenvalue weighted by Gasteiger charge is 2.25. The molecule has 0 saturated heterocycles. The lowest BCUT2D eigenvalue weighted by atomic mass is 10.1. The number of imidazole rings is 1. The number of hydrogen-bond donors (Lipinski definition) is 0. The van der Waals surface area contributed by atoms with Crippen LogP contribution in [0.4, 0.5) is 0 Å². The second-order valence-corrected chi connectivity index (χ2v) is 7.70. The quantitative estimate of drug-likeness (QED) is 0.451. The first-order valence-electron chi connectivity index (χ1n) is 10.4. The molecule has 4 heterocycles. The van der Waals surface area contributed by atoms with Crippen molar-refractivity contribution in [3.63, 3.8) is 0 Å². The summed E-state index contributed by atoms with van der Waals surface area (Å²) in [5.41, 5.74) is 4.24. The number of amides is 1. The zero-order valence-electron chi connectivity index (χ0n) is 17.6. The van der Waals surface area contributed by atoms with Crippen LogP contribution < -0.4 is 0 Å². The number of ether oxygens (including phenoxy) is 1. The van der Waals surface area contributed by atoms with E-state index in [0.29, 0.717) is 30.7 Å². The first kappa shape index (κ1) is 19.9. The largest absolute Gasteiger partial charge is 0.464 e. The average molecular weight is 430 g/mol. The average Bonchev–Trinajstić information content (AvgIpc) is 3.45. The van der Waals surface area contributed by atoms with E-state index in [9.17, 15) is 9.59 Å². The van der Waals surface area contributed by atoms with E-state index < -0.39 is 5.97 Å². The van der Waals surface area contributed by atoms with Crippen molar-refractivity contribution in [2.75, 3.05) is 13.7 Å². The molecule has 9 heteroatoms. The van der Waals surface area contributed by atoms with Crippen molar-refractivity contribution < 1.29 is 14.3 Å². The third kappa shape index (κ3) is 3.73. The van der Waals surface area contributed by atoms with Crippen molar-refractivity contribution in [2.24, 2.45) is 0 Å². The molecule has 0 spiro atoms. The predicted molar refractivity (Wildman–Crippen MR) is 116 cm³/mol. The highest BCUT2D eigenvalue weighted by molar-refractivity contribution is 5.96. The summed E-state index contributed by atoms with van der Waals surface area (Å²) in [7, 11) is 1.32. The lowest BCUT2D eigenvalue weighted by Crippen LogP contribution is -2.38. The number of carbonyl (C=O) groups is 2. The van der Waals surface area contributed by atoms with Crippen LogP contribution >= 0.6 is 0 Å². The maximum atomic E-state index is 13.1. The number of aryl methyl sites for hydroxylation is 2.